The lowest BCUT2D eigenvalue weighted by atomic mass is 10.1. The molecule has 0 spiro atoms. The average molecular weight is 309 g/mol. The fourth-order valence-corrected chi connectivity index (χ4v) is 1.70. The molecule has 0 aromatic heterocycles. The maximum Gasteiger partial charge on any atom is 0.341 e. The molecule has 0 atom stereocenters. The van der Waals surface area contributed by atoms with Gasteiger partial charge in [0.1, 0.15) is 0 Å². The largest absolute Gasteiger partial charge is 0.452 e. The molecule has 0 saturated carbocycles. The molecule has 0 radical (unpaired) electrons. The number of carbonyl (C=O) groups excluding carboxylic acids is 2. The van der Waals surface area contributed by atoms with Crippen molar-refractivity contribution in [2.24, 2.45) is 0 Å². The van der Waals surface area contributed by atoms with E-state index in [2.05, 4.69) is 5.32 Å². The van der Waals surface area contributed by atoms with E-state index in [9.17, 15) is 19.7 Å². The van der Waals surface area contributed by atoms with Crippen LogP contribution in [0.15, 0.2) is 18.2 Å². The van der Waals surface area contributed by atoms with Gasteiger partial charge in [-0.15, -0.1) is 0 Å². The maximum atomic E-state index is 11.8. The lowest BCUT2D eigenvalue weighted by Crippen LogP contribution is -2.29. The fourth-order valence-electron chi connectivity index (χ4n) is 1.70. The van der Waals surface area contributed by atoms with Crippen LogP contribution in [0.25, 0.3) is 0 Å². The van der Waals surface area contributed by atoms with Crippen molar-refractivity contribution in [3.05, 3.63) is 33.9 Å². The first-order valence-electron chi connectivity index (χ1n) is 6.93. The molecule has 22 heavy (non-hydrogen) atoms. The third-order valence-electron chi connectivity index (χ3n) is 2.90. The molecule has 1 aromatic rings. The Morgan fingerprint density at radius 3 is 2.73 bits per heavy atom. The van der Waals surface area contributed by atoms with E-state index in [0.29, 0.717) is 6.54 Å². The van der Waals surface area contributed by atoms with Crippen molar-refractivity contribution in [2.75, 3.05) is 18.9 Å². The quantitative estimate of drug-likeness (QED) is 0.247. The van der Waals surface area contributed by atoms with Crippen LogP contribution in [0.3, 0.4) is 0 Å². The number of hydrogen-bond acceptors (Lipinski definition) is 6. The second-order valence-corrected chi connectivity index (χ2v) is 4.66. The van der Waals surface area contributed by atoms with Crippen LogP contribution < -0.4 is 11.1 Å². The van der Waals surface area contributed by atoms with Gasteiger partial charge < -0.3 is 15.8 Å². The lowest BCUT2D eigenvalue weighted by molar-refractivity contribution is -0.384. The third-order valence-corrected chi connectivity index (χ3v) is 2.90. The first-order valence-corrected chi connectivity index (χ1v) is 6.93. The van der Waals surface area contributed by atoms with Crippen molar-refractivity contribution in [1.29, 1.82) is 0 Å². The predicted octanol–water partition coefficient (Wildman–Crippen LogP) is 1.64. The van der Waals surface area contributed by atoms with Gasteiger partial charge in [0.25, 0.3) is 11.6 Å². The van der Waals surface area contributed by atoms with Crippen LogP contribution in [0.5, 0.6) is 0 Å². The van der Waals surface area contributed by atoms with Gasteiger partial charge in [0.05, 0.1) is 10.5 Å². The standard InChI is InChI=1S/C14H19N3O5/c1-2-3-4-7-16-13(18)9-22-14(19)11-8-10(17(20)21)5-6-12(11)15/h5-6,8H,2-4,7,9,15H2,1H3,(H,16,18). The summed E-state index contributed by atoms with van der Waals surface area (Å²) in [4.78, 5) is 33.3. The monoisotopic (exact) mass is 309 g/mol. The van der Waals surface area contributed by atoms with Crippen molar-refractivity contribution in [2.45, 2.75) is 26.2 Å². The van der Waals surface area contributed by atoms with E-state index >= 15 is 0 Å². The first kappa shape index (κ1) is 17.4. The molecule has 3 N–H and O–H groups in total. The predicted molar refractivity (Wildman–Crippen MR) is 80.3 cm³/mol. The fraction of sp³-hybridized carbons (Fsp3) is 0.429. The zero-order valence-corrected chi connectivity index (χ0v) is 12.3. The highest BCUT2D eigenvalue weighted by Gasteiger charge is 2.17. The molecule has 0 saturated heterocycles. The van der Waals surface area contributed by atoms with Crippen LogP contribution >= 0.6 is 0 Å². The normalized spacial score (nSPS) is 10.0. The molecule has 0 aliphatic carbocycles. The number of unbranched alkanes of at least 4 members (excludes halogenated alkanes) is 2. The number of nitrogen functional groups attached to an aromatic ring is 1. The summed E-state index contributed by atoms with van der Waals surface area (Å²) in [6.45, 7) is 2.11. The number of anilines is 1. The number of nitrogens with one attached hydrogen (secondary N) is 1. The number of amides is 1. The highest BCUT2D eigenvalue weighted by Crippen LogP contribution is 2.20. The van der Waals surface area contributed by atoms with Crippen LogP contribution in [0.1, 0.15) is 36.5 Å². The second kappa shape index (κ2) is 8.60. The van der Waals surface area contributed by atoms with Crippen LogP contribution in [0.4, 0.5) is 11.4 Å². The molecule has 8 nitrogen and oxygen atoms in total. The van der Waals surface area contributed by atoms with Crippen molar-refractivity contribution in [1.82, 2.24) is 5.32 Å². The summed E-state index contributed by atoms with van der Waals surface area (Å²) in [7, 11) is 0. The van der Waals surface area contributed by atoms with Crippen molar-refractivity contribution < 1.29 is 19.2 Å². The van der Waals surface area contributed by atoms with E-state index in [-0.39, 0.29) is 16.9 Å². The van der Waals surface area contributed by atoms with E-state index < -0.39 is 23.4 Å². The minimum Gasteiger partial charge on any atom is -0.452 e. The van der Waals surface area contributed by atoms with Gasteiger partial charge in [0, 0.05) is 24.4 Å². The number of carbonyl (C=O) groups is 2. The van der Waals surface area contributed by atoms with Gasteiger partial charge in [-0.05, 0) is 12.5 Å². The van der Waals surface area contributed by atoms with E-state index in [1.165, 1.54) is 12.1 Å². The van der Waals surface area contributed by atoms with Crippen LogP contribution in [-0.4, -0.2) is 30.0 Å². The van der Waals surface area contributed by atoms with Gasteiger partial charge in [-0.2, -0.15) is 0 Å². The van der Waals surface area contributed by atoms with E-state index in [1.807, 2.05) is 6.92 Å². The van der Waals surface area contributed by atoms with Gasteiger partial charge in [-0.1, -0.05) is 19.8 Å². The molecule has 0 aliphatic heterocycles. The van der Waals surface area contributed by atoms with Gasteiger partial charge in [0.2, 0.25) is 0 Å². The first-order chi connectivity index (χ1) is 10.5. The zero-order valence-electron chi connectivity index (χ0n) is 12.3. The minimum atomic E-state index is -0.870. The van der Waals surface area contributed by atoms with Crippen molar-refractivity contribution >= 4 is 23.3 Å². The number of esters is 1. The number of benzene rings is 1. The van der Waals surface area contributed by atoms with Gasteiger partial charge in [0.15, 0.2) is 6.61 Å². The topological polar surface area (TPSA) is 125 Å². The summed E-state index contributed by atoms with van der Waals surface area (Å²) in [6, 6.07) is 3.46. The minimum absolute atomic E-state index is 0.0546. The number of nitrogens with two attached hydrogens (primary N) is 1. The summed E-state index contributed by atoms with van der Waals surface area (Å²) in [6.07, 6.45) is 2.90. The Hall–Kier alpha value is -2.64. The highest BCUT2D eigenvalue weighted by molar-refractivity contribution is 5.96. The van der Waals surface area contributed by atoms with E-state index in [4.69, 9.17) is 10.5 Å². The molecule has 0 fully saturated rings. The molecule has 1 aromatic carbocycles. The van der Waals surface area contributed by atoms with Gasteiger partial charge in [-0.3, -0.25) is 14.9 Å². The lowest BCUT2D eigenvalue weighted by Gasteiger charge is -2.07. The summed E-state index contributed by atoms with van der Waals surface area (Å²) in [5.74, 6) is -1.29. The van der Waals surface area contributed by atoms with Crippen LogP contribution in [0, 0.1) is 10.1 Å². The van der Waals surface area contributed by atoms with Gasteiger partial charge in [-0.25, -0.2) is 4.79 Å². The Kier molecular flexibility index (Phi) is 6.81. The number of hydrogen-bond donors (Lipinski definition) is 2. The van der Waals surface area contributed by atoms with E-state index in [1.54, 1.807) is 0 Å². The molecule has 120 valence electrons. The Balaban J connectivity index is 2.53. The molecule has 1 amide bonds. The van der Waals surface area contributed by atoms with Gasteiger partial charge >= 0.3 is 5.97 Å². The number of nitro benzene ring substituents is 1. The smallest absolute Gasteiger partial charge is 0.341 e. The Bertz CT molecular complexity index is 559. The summed E-state index contributed by atoms with van der Waals surface area (Å²) in [5, 5.41) is 13.3. The SMILES string of the molecule is CCCCCNC(=O)COC(=O)c1cc([N+](=O)[O-])ccc1N. The molecule has 1 rings (SSSR count). The Labute approximate surface area is 127 Å². The number of rotatable bonds is 8. The highest BCUT2D eigenvalue weighted by atomic mass is 16.6. The third kappa shape index (κ3) is 5.39. The van der Waals surface area contributed by atoms with Crippen LogP contribution in [0.2, 0.25) is 0 Å². The summed E-state index contributed by atoms with van der Waals surface area (Å²) in [5.41, 5.74) is 5.24. The van der Waals surface area contributed by atoms with E-state index in [0.717, 1.165) is 25.3 Å². The molecular weight excluding hydrogens is 290 g/mol. The summed E-state index contributed by atoms with van der Waals surface area (Å²) < 4.78 is 4.81. The van der Waals surface area contributed by atoms with Crippen molar-refractivity contribution in [3.63, 3.8) is 0 Å². The Morgan fingerprint density at radius 2 is 2.09 bits per heavy atom. The molecule has 0 bridgehead atoms. The molecular formula is C14H19N3O5. The average Bonchev–Trinajstić information content (AvgIpc) is 2.49. The number of nitro groups is 1. The molecule has 8 heteroatoms. The number of nitrogens with zero attached hydrogens (tertiary/aromatic N) is 1. The summed E-state index contributed by atoms with van der Waals surface area (Å²) >= 11 is 0. The number of ether oxygens (including phenoxy) is 1. The maximum absolute atomic E-state index is 11.8. The Morgan fingerprint density at radius 1 is 1.36 bits per heavy atom. The molecule has 0 aliphatic rings. The second-order valence-electron chi connectivity index (χ2n) is 4.66. The number of non-ortho nitro benzene ring substituents is 1. The van der Waals surface area contributed by atoms with Crippen molar-refractivity contribution in [3.8, 4) is 0 Å². The van der Waals surface area contributed by atoms with Crippen LogP contribution in [-0.2, 0) is 9.53 Å². The zero-order chi connectivity index (χ0) is 16.5. The molecule has 0 unspecified atom stereocenters. The molecule has 0 heterocycles.